The molecule has 32 heavy (non-hydrogen) atoms. The van der Waals surface area contributed by atoms with Crippen molar-refractivity contribution < 1.29 is 4.74 Å². The lowest BCUT2D eigenvalue weighted by atomic mass is 9.90. The molecule has 1 aliphatic carbocycles. The molecule has 2 fully saturated rings. The van der Waals surface area contributed by atoms with Gasteiger partial charge in [-0.15, -0.1) is 0 Å². The lowest BCUT2D eigenvalue weighted by molar-refractivity contribution is 0.00791. The molecule has 1 saturated heterocycles. The Hall–Kier alpha value is -2.42. The normalized spacial score (nSPS) is 22.0. The number of ether oxygens (including phenoxy) is 1. The van der Waals surface area contributed by atoms with Crippen molar-refractivity contribution in [1.29, 1.82) is 0 Å². The number of pyridine rings is 1. The fourth-order valence-electron chi connectivity index (χ4n) is 4.84. The quantitative estimate of drug-likeness (QED) is 0.534. The van der Waals surface area contributed by atoms with Gasteiger partial charge in [0.15, 0.2) is 0 Å². The van der Waals surface area contributed by atoms with Gasteiger partial charge in [-0.25, -0.2) is 9.97 Å². The maximum atomic E-state index is 5.52. The van der Waals surface area contributed by atoms with Gasteiger partial charge in [-0.2, -0.15) is 0 Å². The van der Waals surface area contributed by atoms with Gasteiger partial charge in [0.2, 0.25) is 0 Å². The highest BCUT2D eigenvalue weighted by atomic mass is 32.2. The molecular weight excluding hydrogens is 420 g/mol. The van der Waals surface area contributed by atoms with E-state index in [1.54, 1.807) is 18.3 Å². The van der Waals surface area contributed by atoms with Crippen LogP contribution in [0.3, 0.4) is 0 Å². The third-order valence-corrected chi connectivity index (χ3v) is 6.97. The van der Waals surface area contributed by atoms with Crippen molar-refractivity contribution in [3.8, 4) is 11.1 Å². The van der Waals surface area contributed by atoms with Crippen LogP contribution in [0.25, 0.3) is 22.0 Å². The number of nitrogens with zero attached hydrogens (tertiary/aromatic N) is 4. The third-order valence-electron chi connectivity index (χ3n) is 6.53. The Balaban J connectivity index is 1.32. The molecule has 0 bridgehead atoms. The Bertz CT molecular complexity index is 1050. The molecule has 2 aliphatic rings. The summed E-state index contributed by atoms with van der Waals surface area (Å²) in [4.78, 5) is 16.1. The zero-order valence-corrected chi connectivity index (χ0v) is 19.3. The van der Waals surface area contributed by atoms with Crippen molar-refractivity contribution in [1.82, 2.24) is 19.9 Å². The van der Waals surface area contributed by atoms with Crippen molar-refractivity contribution in [2.45, 2.75) is 37.8 Å². The number of anilines is 2. The Morgan fingerprint density at radius 3 is 2.66 bits per heavy atom. The van der Waals surface area contributed by atoms with Crippen LogP contribution in [0.2, 0.25) is 0 Å². The second-order valence-electron chi connectivity index (χ2n) is 8.52. The molecule has 0 radical (unpaired) electrons. The number of benzene rings is 1. The van der Waals surface area contributed by atoms with E-state index in [1.165, 1.54) is 25.7 Å². The lowest BCUT2D eigenvalue weighted by Gasteiger charge is -2.39. The summed E-state index contributed by atoms with van der Waals surface area (Å²) in [6, 6.07) is 9.62. The first-order chi connectivity index (χ1) is 15.8. The van der Waals surface area contributed by atoms with Crippen LogP contribution in [-0.4, -0.2) is 64.5 Å². The topological polar surface area (TPSA) is 75.2 Å². The average Bonchev–Trinajstić information content (AvgIpc) is 2.85. The Morgan fingerprint density at radius 1 is 1.00 bits per heavy atom. The maximum absolute atomic E-state index is 5.52. The minimum Gasteiger partial charge on any atom is -0.379 e. The van der Waals surface area contributed by atoms with E-state index in [-0.39, 0.29) is 0 Å². The molecule has 3 heterocycles. The maximum Gasteiger partial charge on any atom is 0.137 e. The lowest BCUT2D eigenvalue weighted by Crippen LogP contribution is -2.46. The van der Waals surface area contributed by atoms with Crippen molar-refractivity contribution in [2.24, 2.45) is 0 Å². The van der Waals surface area contributed by atoms with E-state index >= 15 is 0 Å². The van der Waals surface area contributed by atoms with Crippen LogP contribution in [0.5, 0.6) is 0 Å². The van der Waals surface area contributed by atoms with E-state index < -0.39 is 0 Å². The minimum atomic E-state index is 0.449. The van der Waals surface area contributed by atoms with Crippen molar-refractivity contribution in [3.63, 3.8) is 0 Å². The number of hydrogen-bond donors (Lipinski definition) is 2. The van der Waals surface area contributed by atoms with Crippen LogP contribution in [-0.2, 0) is 4.74 Å². The van der Waals surface area contributed by atoms with Crippen LogP contribution in [0.4, 0.5) is 11.5 Å². The van der Waals surface area contributed by atoms with Gasteiger partial charge in [-0.1, -0.05) is 18.0 Å². The largest absolute Gasteiger partial charge is 0.379 e. The Kier molecular flexibility index (Phi) is 6.71. The van der Waals surface area contributed by atoms with Crippen LogP contribution >= 0.6 is 11.9 Å². The zero-order valence-electron chi connectivity index (χ0n) is 18.5. The first-order valence-corrected chi connectivity index (χ1v) is 12.6. The molecule has 0 spiro atoms. The summed E-state index contributed by atoms with van der Waals surface area (Å²) in [5, 5.41) is 4.79. The van der Waals surface area contributed by atoms with Crippen molar-refractivity contribution >= 4 is 34.4 Å². The second-order valence-corrected chi connectivity index (χ2v) is 9.13. The number of aromatic nitrogens is 3. The van der Waals surface area contributed by atoms with Gasteiger partial charge in [-0.3, -0.25) is 9.88 Å². The van der Waals surface area contributed by atoms with Crippen LogP contribution < -0.4 is 10.0 Å². The molecule has 5 rings (SSSR count). The molecule has 2 N–H and O–H groups in total. The van der Waals surface area contributed by atoms with E-state index in [0.717, 1.165) is 59.8 Å². The molecule has 1 saturated carbocycles. The van der Waals surface area contributed by atoms with E-state index in [0.29, 0.717) is 12.1 Å². The molecular formula is C24H30N6OS. The number of morpholine rings is 1. The summed E-state index contributed by atoms with van der Waals surface area (Å²) in [5.41, 5.74) is 4.14. The highest BCUT2D eigenvalue weighted by Gasteiger charge is 2.27. The van der Waals surface area contributed by atoms with E-state index in [1.807, 2.05) is 18.6 Å². The molecule has 8 heteroatoms. The van der Waals surface area contributed by atoms with Crippen LogP contribution in [0.1, 0.15) is 25.7 Å². The van der Waals surface area contributed by atoms with E-state index in [9.17, 15) is 0 Å². The molecule has 1 aromatic carbocycles. The number of rotatable bonds is 6. The van der Waals surface area contributed by atoms with Gasteiger partial charge in [0.1, 0.15) is 12.1 Å². The van der Waals surface area contributed by atoms with Gasteiger partial charge in [0.05, 0.1) is 30.6 Å². The second kappa shape index (κ2) is 10.0. The first kappa shape index (κ1) is 21.4. The fourth-order valence-corrected chi connectivity index (χ4v) is 5.19. The van der Waals surface area contributed by atoms with Gasteiger partial charge in [-0.05, 0) is 49.4 Å². The molecule has 3 aromatic rings. The van der Waals surface area contributed by atoms with Gasteiger partial charge < -0.3 is 14.8 Å². The van der Waals surface area contributed by atoms with Gasteiger partial charge in [0, 0.05) is 48.6 Å². The number of fused-ring (bicyclic) bond motifs is 1. The van der Waals surface area contributed by atoms with Crippen LogP contribution in [0.15, 0.2) is 43.0 Å². The third kappa shape index (κ3) is 4.82. The smallest absolute Gasteiger partial charge is 0.137 e. The fraction of sp³-hybridized carbons (Fsp3) is 0.458. The highest BCUT2D eigenvalue weighted by Crippen LogP contribution is 2.31. The predicted molar refractivity (Wildman–Crippen MR) is 132 cm³/mol. The van der Waals surface area contributed by atoms with E-state index in [4.69, 9.17) is 4.74 Å². The summed E-state index contributed by atoms with van der Waals surface area (Å²) in [7, 11) is 0. The van der Waals surface area contributed by atoms with Crippen LogP contribution in [0, 0.1) is 0 Å². The SMILES string of the molecule is CSNc1cncc(-c2ccc3ncnc(N[C@H]4CC[C@H](N5CCOCC5)CC4)c3c2)c1. The molecule has 168 valence electrons. The number of hydrogen-bond acceptors (Lipinski definition) is 8. The molecule has 0 amide bonds. The first-order valence-electron chi connectivity index (χ1n) is 11.4. The average molecular weight is 451 g/mol. The minimum absolute atomic E-state index is 0.449. The van der Waals surface area contributed by atoms with E-state index in [2.05, 4.69) is 54.2 Å². The molecule has 7 nitrogen and oxygen atoms in total. The van der Waals surface area contributed by atoms with Crippen molar-refractivity contribution in [3.05, 3.63) is 43.0 Å². The van der Waals surface area contributed by atoms with Gasteiger partial charge >= 0.3 is 0 Å². The van der Waals surface area contributed by atoms with Crippen molar-refractivity contribution in [2.75, 3.05) is 42.6 Å². The predicted octanol–water partition coefficient (Wildman–Crippen LogP) is 4.44. The molecule has 0 atom stereocenters. The summed E-state index contributed by atoms with van der Waals surface area (Å²) in [6.07, 6.45) is 12.2. The zero-order chi connectivity index (χ0) is 21.8. The highest BCUT2D eigenvalue weighted by molar-refractivity contribution is 7.99. The summed E-state index contributed by atoms with van der Waals surface area (Å²) in [5.74, 6) is 0.929. The Morgan fingerprint density at radius 2 is 1.84 bits per heavy atom. The molecule has 2 aromatic heterocycles. The van der Waals surface area contributed by atoms with Gasteiger partial charge in [0.25, 0.3) is 0 Å². The molecule has 1 aliphatic heterocycles. The number of nitrogens with one attached hydrogen (secondary N) is 2. The molecule has 0 unspecified atom stereocenters. The standard InChI is InChI=1S/C24H30N6OS/c1-32-29-20-12-18(14-25-15-20)17-2-7-23-22(13-17)24(27-16-26-23)28-19-3-5-21(6-4-19)30-8-10-31-11-9-30/h2,7,12-16,19,21,29H,3-6,8-11H2,1H3,(H,26,27,28)/t19-,21-. The summed E-state index contributed by atoms with van der Waals surface area (Å²) >= 11 is 1.56. The summed E-state index contributed by atoms with van der Waals surface area (Å²) in [6.45, 7) is 3.90. The Labute approximate surface area is 193 Å². The summed E-state index contributed by atoms with van der Waals surface area (Å²) < 4.78 is 8.77. The monoisotopic (exact) mass is 450 g/mol.